The van der Waals surface area contributed by atoms with Crippen molar-refractivity contribution in [3.63, 3.8) is 0 Å². The van der Waals surface area contributed by atoms with Crippen molar-refractivity contribution in [1.29, 1.82) is 0 Å². The highest BCUT2D eigenvalue weighted by Crippen LogP contribution is 2.25. The van der Waals surface area contributed by atoms with Crippen molar-refractivity contribution in [1.82, 2.24) is 4.98 Å². The fourth-order valence-corrected chi connectivity index (χ4v) is 4.63. The molecule has 0 saturated heterocycles. The van der Waals surface area contributed by atoms with Crippen LogP contribution in [0.5, 0.6) is 5.75 Å². The molecule has 2 N–H and O–H groups in total. The van der Waals surface area contributed by atoms with Gasteiger partial charge in [0.1, 0.15) is 18.1 Å². The number of amides is 1. The Kier molecular flexibility index (Phi) is 6.45. The minimum absolute atomic E-state index is 0.0442. The summed E-state index contributed by atoms with van der Waals surface area (Å²) in [5.41, 5.74) is 0.411. The molecule has 0 aliphatic heterocycles. The smallest absolute Gasteiger partial charge is 0.291 e. The van der Waals surface area contributed by atoms with Crippen LogP contribution in [0.4, 0.5) is 10.8 Å². The second-order valence-corrected chi connectivity index (χ2v) is 9.39. The zero-order valence-electron chi connectivity index (χ0n) is 16.3. The Labute approximate surface area is 192 Å². The number of hydrogen-bond donors (Lipinski definition) is 2. The van der Waals surface area contributed by atoms with Crippen LogP contribution in [0.15, 0.2) is 81.6 Å². The molecule has 4 aromatic rings. The van der Waals surface area contributed by atoms with Gasteiger partial charge in [-0.3, -0.25) is 9.52 Å². The van der Waals surface area contributed by atoms with Gasteiger partial charge in [-0.2, -0.15) is 0 Å². The van der Waals surface area contributed by atoms with E-state index in [2.05, 4.69) is 15.0 Å². The Morgan fingerprint density at radius 2 is 1.88 bits per heavy atom. The molecule has 0 unspecified atom stereocenters. The number of rotatable bonds is 8. The standard InChI is InChI=1S/C21H16ClN3O5S2/c22-17-3-1-2-4-18(17)29-13-15-7-10-19(30-15)20(26)24-14-5-8-16(9-6-14)32(27,28)25-21-23-11-12-31-21/h1-12H,13H2,(H,23,25)(H,24,26). The molecular weight excluding hydrogens is 474 g/mol. The summed E-state index contributed by atoms with van der Waals surface area (Å²) in [6.07, 6.45) is 1.50. The van der Waals surface area contributed by atoms with Crippen LogP contribution in [0.1, 0.15) is 16.3 Å². The summed E-state index contributed by atoms with van der Waals surface area (Å²) in [6.45, 7) is 0.107. The number of aromatic nitrogens is 1. The number of thiazole rings is 1. The summed E-state index contributed by atoms with van der Waals surface area (Å²) in [5, 5.41) is 5.07. The number of nitrogens with one attached hydrogen (secondary N) is 2. The molecule has 32 heavy (non-hydrogen) atoms. The van der Waals surface area contributed by atoms with Crippen molar-refractivity contribution in [2.45, 2.75) is 11.5 Å². The molecule has 0 fully saturated rings. The van der Waals surface area contributed by atoms with Crippen molar-refractivity contribution in [2.75, 3.05) is 10.0 Å². The summed E-state index contributed by atoms with van der Waals surface area (Å²) in [5.74, 6) is 0.566. The Hall–Kier alpha value is -3.34. The van der Waals surface area contributed by atoms with Crippen LogP contribution in [0.2, 0.25) is 5.02 Å². The maximum atomic E-state index is 12.4. The van der Waals surface area contributed by atoms with Gasteiger partial charge < -0.3 is 14.5 Å². The molecule has 11 heteroatoms. The number of para-hydroxylation sites is 1. The fraction of sp³-hybridized carbons (Fsp3) is 0.0476. The molecule has 2 heterocycles. The second kappa shape index (κ2) is 9.43. The molecule has 0 radical (unpaired) electrons. The summed E-state index contributed by atoms with van der Waals surface area (Å²) in [7, 11) is -3.77. The average Bonchev–Trinajstić information content (AvgIpc) is 3.45. The summed E-state index contributed by atoms with van der Waals surface area (Å²) in [6, 6.07) is 15.9. The number of halogens is 1. The molecule has 164 valence electrons. The lowest BCUT2D eigenvalue weighted by Crippen LogP contribution is -2.13. The zero-order valence-corrected chi connectivity index (χ0v) is 18.7. The first kappa shape index (κ1) is 21.9. The van der Waals surface area contributed by atoms with Gasteiger partial charge in [0.25, 0.3) is 15.9 Å². The van der Waals surface area contributed by atoms with E-state index in [0.29, 0.717) is 22.2 Å². The third kappa shape index (κ3) is 5.28. The van der Waals surface area contributed by atoms with E-state index in [1.54, 1.807) is 35.7 Å². The predicted molar refractivity (Wildman–Crippen MR) is 122 cm³/mol. The normalized spacial score (nSPS) is 11.2. The minimum atomic E-state index is -3.77. The van der Waals surface area contributed by atoms with Crippen LogP contribution in [0, 0.1) is 0 Å². The highest BCUT2D eigenvalue weighted by atomic mass is 35.5. The lowest BCUT2D eigenvalue weighted by molar-refractivity contribution is 0.0992. The van der Waals surface area contributed by atoms with Crippen molar-refractivity contribution < 1.29 is 22.4 Å². The topological polar surface area (TPSA) is 111 Å². The molecule has 0 saturated carbocycles. The van der Waals surface area contributed by atoms with Crippen molar-refractivity contribution in [3.8, 4) is 5.75 Å². The summed E-state index contributed by atoms with van der Waals surface area (Å²) < 4.78 is 38.3. The number of hydrogen-bond acceptors (Lipinski definition) is 7. The number of anilines is 2. The second-order valence-electron chi connectivity index (χ2n) is 6.41. The van der Waals surface area contributed by atoms with E-state index in [1.165, 1.54) is 47.9 Å². The van der Waals surface area contributed by atoms with Crippen LogP contribution in [0.25, 0.3) is 0 Å². The molecule has 1 amide bonds. The Morgan fingerprint density at radius 3 is 2.59 bits per heavy atom. The summed E-state index contributed by atoms with van der Waals surface area (Å²) in [4.78, 5) is 16.4. The largest absolute Gasteiger partial charge is 0.484 e. The zero-order chi connectivity index (χ0) is 22.6. The van der Waals surface area contributed by atoms with Gasteiger partial charge in [-0.15, -0.1) is 11.3 Å². The molecule has 0 atom stereocenters. The van der Waals surface area contributed by atoms with Crippen LogP contribution in [-0.4, -0.2) is 19.3 Å². The lowest BCUT2D eigenvalue weighted by atomic mass is 10.3. The number of furan rings is 1. The van der Waals surface area contributed by atoms with Gasteiger partial charge in [-0.05, 0) is 48.5 Å². The Morgan fingerprint density at radius 1 is 1.09 bits per heavy atom. The predicted octanol–water partition coefficient (Wildman–Crippen LogP) is 5.02. The molecule has 8 nitrogen and oxygen atoms in total. The van der Waals surface area contributed by atoms with Gasteiger partial charge in [0, 0.05) is 17.3 Å². The number of carbonyl (C=O) groups is 1. The minimum Gasteiger partial charge on any atom is -0.484 e. The number of nitrogens with zero attached hydrogens (tertiary/aromatic N) is 1. The molecule has 2 aromatic heterocycles. The van der Waals surface area contributed by atoms with Gasteiger partial charge in [-0.1, -0.05) is 23.7 Å². The molecule has 0 aliphatic carbocycles. The first-order chi connectivity index (χ1) is 15.4. The lowest BCUT2D eigenvalue weighted by Gasteiger charge is -2.07. The average molecular weight is 490 g/mol. The monoisotopic (exact) mass is 489 g/mol. The van der Waals surface area contributed by atoms with Crippen molar-refractivity contribution in [2.24, 2.45) is 0 Å². The van der Waals surface area contributed by atoms with E-state index < -0.39 is 15.9 Å². The van der Waals surface area contributed by atoms with E-state index in [4.69, 9.17) is 20.8 Å². The van der Waals surface area contributed by atoms with E-state index in [0.717, 1.165) is 0 Å². The number of ether oxygens (including phenoxy) is 1. The molecule has 2 aromatic carbocycles. The van der Waals surface area contributed by atoms with E-state index in [9.17, 15) is 13.2 Å². The van der Waals surface area contributed by atoms with E-state index >= 15 is 0 Å². The van der Waals surface area contributed by atoms with E-state index in [1.807, 2.05) is 0 Å². The molecule has 0 bridgehead atoms. The maximum Gasteiger partial charge on any atom is 0.291 e. The van der Waals surface area contributed by atoms with Crippen molar-refractivity contribution in [3.05, 3.63) is 88.8 Å². The number of carbonyl (C=O) groups excluding carboxylic acids is 1. The Balaban J connectivity index is 1.36. The Bertz CT molecular complexity index is 1320. The number of sulfonamides is 1. The molecular formula is C21H16ClN3O5S2. The van der Waals surface area contributed by atoms with Gasteiger partial charge >= 0.3 is 0 Å². The third-order valence-corrected chi connectivity index (χ3v) is 6.65. The van der Waals surface area contributed by atoms with Gasteiger partial charge in [0.05, 0.1) is 9.92 Å². The highest BCUT2D eigenvalue weighted by molar-refractivity contribution is 7.93. The van der Waals surface area contributed by atoms with Crippen molar-refractivity contribution >= 4 is 49.7 Å². The van der Waals surface area contributed by atoms with Gasteiger partial charge in [0.15, 0.2) is 10.9 Å². The first-order valence-corrected chi connectivity index (χ1v) is 11.9. The van der Waals surface area contributed by atoms with Crippen LogP contribution in [0.3, 0.4) is 0 Å². The maximum absolute atomic E-state index is 12.4. The highest BCUT2D eigenvalue weighted by Gasteiger charge is 2.16. The molecule has 0 spiro atoms. The quantitative estimate of drug-likeness (QED) is 0.359. The van der Waals surface area contributed by atoms with Crippen LogP contribution in [-0.2, 0) is 16.6 Å². The van der Waals surface area contributed by atoms with E-state index in [-0.39, 0.29) is 22.4 Å². The van der Waals surface area contributed by atoms with Crippen LogP contribution < -0.4 is 14.8 Å². The SMILES string of the molecule is O=C(Nc1ccc(S(=O)(=O)Nc2nccs2)cc1)c1ccc(COc2ccccc2Cl)o1. The number of benzene rings is 2. The summed E-state index contributed by atoms with van der Waals surface area (Å²) >= 11 is 7.22. The molecule has 0 aliphatic rings. The van der Waals surface area contributed by atoms with Gasteiger partial charge in [0.2, 0.25) is 0 Å². The van der Waals surface area contributed by atoms with Crippen LogP contribution >= 0.6 is 22.9 Å². The first-order valence-electron chi connectivity index (χ1n) is 9.20. The fourth-order valence-electron chi connectivity index (χ4n) is 2.65. The van der Waals surface area contributed by atoms with Gasteiger partial charge in [-0.25, -0.2) is 13.4 Å². The molecule has 4 rings (SSSR count). The third-order valence-electron chi connectivity index (χ3n) is 4.17.